The number of phenolic OH excluding ortho intramolecular Hbond substituents is 1. The molecule has 0 spiro atoms. The molecule has 2 aromatic rings. The molecule has 0 amide bonds. The Morgan fingerprint density at radius 1 is 1.00 bits per heavy atom. The number of carbonyl (C=O) groups is 1. The van der Waals surface area contributed by atoms with E-state index < -0.39 is 28.7 Å². The lowest BCUT2D eigenvalue weighted by molar-refractivity contribution is 0.103. The van der Waals surface area contributed by atoms with E-state index in [1.165, 1.54) is 12.1 Å². The fraction of sp³-hybridized carbons (Fsp3) is 0. The van der Waals surface area contributed by atoms with Gasteiger partial charge in [0, 0.05) is 10.0 Å². The molecule has 0 unspecified atom stereocenters. The Bertz CT molecular complexity index is 609. The van der Waals surface area contributed by atoms with Crippen LogP contribution < -0.4 is 0 Å². The summed E-state index contributed by atoms with van der Waals surface area (Å²) in [5, 5.41) is 8.98. The quantitative estimate of drug-likeness (QED) is 0.859. The number of hydrogen-bond acceptors (Lipinski definition) is 2. The van der Waals surface area contributed by atoms with Gasteiger partial charge in [-0.05, 0) is 36.4 Å². The van der Waals surface area contributed by atoms with Crippen LogP contribution in [0.1, 0.15) is 15.9 Å². The van der Waals surface area contributed by atoms with Crippen LogP contribution in [0.4, 0.5) is 8.78 Å². The molecule has 5 heteroatoms. The Labute approximate surface area is 110 Å². The number of benzene rings is 2. The van der Waals surface area contributed by atoms with Gasteiger partial charge in [0.1, 0.15) is 0 Å². The van der Waals surface area contributed by atoms with Gasteiger partial charge in [-0.25, -0.2) is 4.39 Å². The van der Waals surface area contributed by atoms with Gasteiger partial charge >= 0.3 is 0 Å². The zero-order valence-electron chi connectivity index (χ0n) is 8.95. The first-order chi connectivity index (χ1) is 8.50. The summed E-state index contributed by atoms with van der Waals surface area (Å²) in [7, 11) is 0. The zero-order chi connectivity index (χ0) is 13.3. The molecule has 0 aromatic heterocycles. The lowest BCUT2D eigenvalue weighted by Gasteiger charge is -2.04. The Balaban J connectivity index is 2.46. The highest BCUT2D eigenvalue weighted by molar-refractivity contribution is 9.10. The summed E-state index contributed by atoms with van der Waals surface area (Å²) in [4.78, 5) is 11.9. The van der Waals surface area contributed by atoms with Crippen molar-refractivity contribution in [3.05, 3.63) is 63.6 Å². The maximum Gasteiger partial charge on any atom is 0.201 e. The summed E-state index contributed by atoms with van der Waals surface area (Å²) in [6.07, 6.45) is 0. The van der Waals surface area contributed by atoms with Gasteiger partial charge in [-0.15, -0.1) is 0 Å². The SMILES string of the molecule is O=C(c1ccc(Br)cc1)c1ccc(O)c(F)c1F. The summed E-state index contributed by atoms with van der Waals surface area (Å²) < 4.78 is 27.4. The maximum absolute atomic E-state index is 13.5. The van der Waals surface area contributed by atoms with Crippen molar-refractivity contribution in [1.82, 2.24) is 0 Å². The Kier molecular flexibility index (Phi) is 3.43. The van der Waals surface area contributed by atoms with Crippen molar-refractivity contribution < 1.29 is 18.7 Å². The molecule has 0 fully saturated rings. The van der Waals surface area contributed by atoms with Crippen LogP contribution in [0.15, 0.2) is 40.9 Å². The van der Waals surface area contributed by atoms with Crippen molar-refractivity contribution in [3.63, 3.8) is 0 Å². The monoisotopic (exact) mass is 312 g/mol. The van der Waals surface area contributed by atoms with Crippen LogP contribution in [0.25, 0.3) is 0 Å². The number of carbonyl (C=O) groups excluding carboxylic acids is 1. The van der Waals surface area contributed by atoms with Crippen LogP contribution in [0.5, 0.6) is 5.75 Å². The lowest BCUT2D eigenvalue weighted by atomic mass is 10.0. The van der Waals surface area contributed by atoms with E-state index in [0.717, 1.165) is 16.6 Å². The van der Waals surface area contributed by atoms with Crippen LogP contribution in [0.2, 0.25) is 0 Å². The summed E-state index contributed by atoms with van der Waals surface area (Å²) in [5.41, 5.74) is -0.171. The van der Waals surface area contributed by atoms with Crippen LogP contribution in [-0.2, 0) is 0 Å². The molecular formula is C13H7BrF2O2. The molecule has 1 N–H and O–H groups in total. The molecule has 0 saturated carbocycles. The second kappa shape index (κ2) is 4.86. The van der Waals surface area contributed by atoms with E-state index in [-0.39, 0.29) is 5.56 Å². The minimum absolute atomic E-state index is 0.238. The fourth-order valence-corrected chi connectivity index (χ4v) is 1.74. The second-order valence-electron chi connectivity index (χ2n) is 3.60. The molecule has 18 heavy (non-hydrogen) atoms. The van der Waals surface area contributed by atoms with Crippen molar-refractivity contribution in [3.8, 4) is 5.75 Å². The first-order valence-electron chi connectivity index (χ1n) is 4.98. The van der Waals surface area contributed by atoms with E-state index in [1.807, 2.05) is 0 Å². The van der Waals surface area contributed by atoms with Crippen molar-refractivity contribution in [2.24, 2.45) is 0 Å². The number of aromatic hydroxyl groups is 1. The number of hydrogen-bond donors (Lipinski definition) is 1. The summed E-state index contributed by atoms with van der Waals surface area (Å²) >= 11 is 3.21. The van der Waals surface area contributed by atoms with Gasteiger partial charge in [0.2, 0.25) is 5.82 Å². The smallest absolute Gasteiger partial charge is 0.201 e. The second-order valence-corrected chi connectivity index (χ2v) is 4.51. The van der Waals surface area contributed by atoms with Crippen molar-refractivity contribution in [2.75, 3.05) is 0 Å². The zero-order valence-corrected chi connectivity index (χ0v) is 10.5. The van der Waals surface area contributed by atoms with Gasteiger partial charge in [0.15, 0.2) is 17.3 Å². The summed E-state index contributed by atoms with van der Waals surface area (Å²) in [6.45, 7) is 0. The van der Waals surface area contributed by atoms with Crippen LogP contribution in [-0.4, -0.2) is 10.9 Å². The largest absolute Gasteiger partial charge is 0.505 e. The number of rotatable bonds is 2. The number of ketones is 1. The molecule has 0 aliphatic rings. The van der Waals surface area contributed by atoms with Gasteiger partial charge in [-0.2, -0.15) is 4.39 Å². The van der Waals surface area contributed by atoms with E-state index >= 15 is 0 Å². The lowest BCUT2D eigenvalue weighted by Crippen LogP contribution is -2.05. The van der Waals surface area contributed by atoms with Gasteiger partial charge in [0.25, 0.3) is 0 Å². The first-order valence-corrected chi connectivity index (χ1v) is 5.77. The predicted molar refractivity (Wildman–Crippen MR) is 65.6 cm³/mol. The minimum Gasteiger partial charge on any atom is -0.505 e. The normalized spacial score (nSPS) is 10.4. The standard InChI is InChI=1S/C13H7BrF2O2/c14-8-3-1-7(2-4-8)13(18)9-5-6-10(17)12(16)11(9)15/h1-6,17H. The third-order valence-electron chi connectivity index (χ3n) is 2.41. The first kappa shape index (κ1) is 12.7. The van der Waals surface area contributed by atoms with Gasteiger partial charge in [-0.1, -0.05) is 15.9 Å². The third kappa shape index (κ3) is 2.26. The van der Waals surface area contributed by atoms with E-state index in [9.17, 15) is 13.6 Å². The molecule has 0 bridgehead atoms. The van der Waals surface area contributed by atoms with E-state index in [4.69, 9.17) is 5.11 Å². The fourth-order valence-electron chi connectivity index (χ4n) is 1.47. The molecule has 0 aliphatic carbocycles. The maximum atomic E-state index is 13.5. The molecule has 0 heterocycles. The summed E-state index contributed by atoms with van der Waals surface area (Å²) in [5.74, 6) is -4.22. The van der Waals surface area contributed by atoms with Crippen LogP contribution >= 0.6 is 15.9 Å². The van der Waals surface area contributed by atoms with E-state index in [2.05, 4.69) is 15.9 Å². The third-order valence-corrected chi connectivity index (χ3v) is 2.94. The van der Waals surface area contributed by atoms with Gasteiger partial charge in [0.05, 0.1) is 5.56 Å². The Hall–Kier alpha value is -1.75. The predicted octanol–water partition coefficient (Wildman–Crippen LogP) is 3.66. The van der Waals surface area contributed by atoms with Crippen molar-refractivity contribution in [2.45, 2.75) is 0 Å². The van der Waals surface area contributed by atoms with Crippen LogP contribution in [0, 0.1) is 11.6 Å². The molecule has 2 rings (SSSR count). The molecular weight excluding hydrogens is 306 g/mol. The molecule has 0 atom stereocenters. The average Bonchev–Trinajstić information content (AvgIpc) is 2.36. The van der Waals surface area contributed by atoms with Crippen LogP contribution in [0.3, 0.4) is 0 Å². The average molecular weight is 313 g/mol. The molecule has 0 aliphatic heterocycles. The minimum atomic E-state index is -1.42. The number of phenols is 1. The van der Waals surface area contributed by atoms with E-state index in [0.29, 0.717) is 0 Å². The molecule has 0 saturated heterocycles. The Morgan fingerprint density at radius 2 is 1.61 bits per heavy atom. The summed E-state index contributed by atoms with van der Waals surface area (Å²) in [6, 6.07) is 8.25. The van der Waals surface area contributed by atoms with Crippen molar-refractivity contribution in [1.29, 1.82) is 0 Å². The van der Waals surface area contributed by atoms with Gasteiger partial charge in [-0.3, -0.25) is 4.79 Å². The molecule has 2 aromatic carbocycles. The van der Waals surface area contributed by atoms with Crippen molar-refractivity contribution >= 4 is 21.7 Å². The molecule has 2 nitrogen and oxygen atoms in total. The topological polar surface area (TPSA) is 37.3 Å². The Morgan fingerprint density at radius 3 is 2.22 bits per heavy atom. The molecule has 92 valence electrons. The number of halogens is 3. The highest BCUT2D eigenvalue weighted by atomic mass is 79.9. The van der Waals surface area contributed by atoms with E-state index in [1.54, 1.807) is 12.1 Å². The highest BCUT2D eigenvalue weighted by Crippen LogP contribution is 2.23. The van der Waals surface area contributed by atoms with Gasteiger partial charge < -0.3 is 5.11 Å². The molecule has 0 radical (unpaired) electrons. The highest BCUT2D eigenvalue weighted by Gasteiger charge is 2.19.